The molecule has 0 saturated carbocycles. The molecule has 2 unspecified atom stereocenters. The smallest absolute Gasteiger partial charge is 0.264 e. The highest BCUT2D eigenvalue weighted by atomic mass is 32.2. The van der Waals surface area contributed by atoms with Crippen LogP contribution in [0, 0.1) is 0 Å². The summed E-state index contributed by atoms with van der Waals surface area (Å²) in [6.45, 7) is 2.28. The van der Waals surface area contributed by atoms with Crippen LogP contribution in [-0.4, -0.2) is 33.1 Å². The maximum Gasteiger partial charge on any atom is 0.264 e. The lowest BCUT2D eigenvalue weighted by molar-refractivity contribution is -0.0239. The van der Waals surface area contributed by atoms with Crippen molar-refractivity contribution in [1.82, 2.24) is 0 Å². The molecule has 0 aliphatic rings. The van der Waals surface area contributed by atoms with Crippen molar-refractivity contribution in [1.29, 1.82) is 0 Å². The predicted molar refractivity (Wildman–Crippen MR) is 107 cm³/mol. The third-order valence-electron chi connectivity index (χ3n) is 4.07. The molecule has 0 radical (unpaired) electrons. The monoisotopic (exact) mass is 394 g/mol. The molecule has 6 heteroatoms. The summed E-state index contributed by atoms with van der Waals surface area (Å²) in [6.07, 6.45) is 3.56. The highest BCUT2D eigenvalue weighted by Gasteiger charge is 2.23. The Morgan fingerprint density at radius 1 is 1.04 bits per heavy atom. The average Bonchev–Trinajstić information content (AvgIpc) is 2.63. The molecule has 142 valence electrons. The van der Waals surface area contributed by atoms with Crippen molar-refractivity contribution in [2.24, 2.45) is 0 Å². The van der Waals surface area contributed by atoms with Crippen LogP contribution in [0.3, 0.4) is 0 Å². The molecule has 26 heavy (non-hydrogen) atoms. The molecule has 0 N–H and O–H groups in total. The van der Waals surface area contributed by atoms with Gasteiger partial charge in [-0.15, -0.1) is 11.8 Å². The van der Waals surface area contributed by atoms with Crippen LogP contribution in [0.4, 0.5) is 0 Å². The number of hydrogen-bond donors (Lipinski definition) is 0. The summed E-state index contributed by atoms with van der Waals surface area (Å²) in [5.74, 6) is 0. The van der Waals surface area contributed by atoms with Gasteiger partial charge in [-0.05, 0) is 43.2 Å². The molecular formula is C20H26O4S2. The lowest BCUT2D eigenvalue weighted by Crippen LogP contribution is -2.31. The van der Waals surface area contributed by atoms with Crippen LogP contribution in [0.1, 0.15) is 24.5 Å². The Hall–Kier alpha value is -1.34. The Kier molecular flexibility index (Phi) is 8.15. The number of hydrogen-bond acceptors (Lipinski definition) is 5. The molecule has 0 saturated heterocycles. The van der Waals surface area contributed by atoms with Crippen LogP contribution in [0.15, 0.2) is 59.5 Å². The molecule has 0 aliphatic heterocycles. The van der Waals surface area contributed by atoms with E-state index >= 15 is 0 Å². The van der Waals surface area contributed by atoms with E-state index in [1.165, 1.54) is 10.5 Å². The van der Waals surface area contributed by atoms with Gasteiger partial charge in [0.05, 0.1) is 19.0 Å². The minimum atomic E-state index is -3.56. The molecule has 2 atom stereocenters. The Balaban J connectivity index is 2.02. The topological polar surface area (TPSA) is 52.6 Å². The number of aryl methyl sites for hydroxylation is 1. The first kappa shape index (κ1) is 21.0. The van der Waals surface area contributed by atoms with Crippen molar-refractivity contribution >= 4 is 21.9 Å². The molecular weight excluding hydrogens is 368 g/mol. The number of thioether (sulfide) groups is 1. The zero-order chi connectivity index (χ0) is 19.0. The van der Waals surface area contributed by atoms with Crippen LogP contribution >= 0.6 is 11.8 Å². The molecule has 2 aromatic carbocycles. The van der Waals surface area contributed by atoms with Gasteiger partial charge in [-0.2, -0.15) is 8.42 Å². The summed E-state index contributed by atoms with van der Waals surface area (Å²) in [7, 11) is -3.56. The first-order valence-electron chi connectivity index (χ1n) is 8.54. The van der Waals surface area contributed by atoms with E-state index in [1.54, 1.807) is 11.8 Å². The first-order valence-corrected chi connectivity index (χ1v) is 11.6. The highest BCUT2D eigenvalue weighted by molar-refractivity contribution is 7.98. The van der Waals surface area contributed by atoms with Gasteiger partial charge in [-0.3, -0.25) is 4.18 Å². The summed E-state index contributed by atoms with van der Waals surface area (Å²) in [6, 6.07) is 18.0. The fourth-order valence-corrected chi connectivity index (χ4v) is 4.05. The van der Waals surface area contributed by atoms with E-state index in [9.17, 15) is 8.42 Å². The molecule has 0 heterocycles. The van der Waals surface area contributed by atoms with Gasteiger partial charge in [-0.1, -0.05) is 48.5 Å². The summed E-state index contributed by atoms with van der Waals surface area (Å²) >= 11 is 1.69. The quantitative estimate of drug-likeness (QED) is 0.444. The number of ether oxygens (including phenoxy) is 1. The van der Waals surface area contributed by atoms with E-state index in [2.05, 4.69) is 12.1 Å². The summed E-state index contributed by atoms with van der Waals surface area (Å²) in [5, 5.41) is 0. The van der Waals surface area contributed by atoms with E-state index in [-0.39, 0.29) is 6.10 Å². The van der Waals surface area contributed by atoms with E-state index < -0.39 is 16.2 Å². The van der Waals surface area contributed by atoms with E-state index in [1.807, 2.05) is 55.6 Å². The summed E-state index contributed by atoms with van der Waals surface area (Å²) < 4.78 is 34.6. The van der Waals surface area contributed by atoms with Gasteiger partial charge in [0.1, 0.15) is 6.10 Å². The second-order valence-electron chi connectivity index (χ2n) is 6.19. The standard InChI is InChI=1S/C20H26O4S2/c1-16(23-15-17-9-5-4-6-10-17)19(24-26(3,21)22)14-13-18-11-7-8-12-20(18)25-2/h4-12,16,19H,13-15H2,1-3H3. The van der Waals surface area contributed by atoms with Crippen LogP contribution in [0.5, 0.6) is 0 Å². The molecule has 4 nitrogen and oxygen atoms in total. The lowest BCUT2D eigenvalue weighted by atomic mass is 10.0. The Bertz CT molecular complexity index is 775. The Morgan fingerprint density at radius 3 is 2.35 bits per heavy atom. The minimum absolute atomic E-state index is 0.341. The van der Waals surface area contributed by atoms with Gasteiger partial charge in [0.15, 0.2) is 0 Å². The van der Waals surface area contributed by atoms with Crippen LogP contribution in [0.2, 0.25) is 0 Å². The summed E-state index contributed by atoms with van der Waals surface area (Å²) in [5.41, 5.74) is 2.24. The zero-order valence-electron chi connectivity index (χ0n) is 15.4. The van der Waals surface area contributed by atoms with Crippen molar-refractivity contribution in [2.45, 2.75) is 43.5 Å². The highest BCUT2D eigenvalue weighted by Crippen LogP contribution is 2.23. The fraction of sp³-hybridized carbons (Fsp3) is 0.400. The predicted octanol–water partition coefficient (Wildman–Crippen LogP) is 4.29. The van der Waals surface area contributed by atoms with Crippen LogP contribution in [-0.2, 0) is 32.1 Å². The molecule has 0 fully saturated rings. The van der Waals surface area contributed by atoms with Crippen LogP contribution < -0.4 is 0 Å². The van der Waals surface area contributed by atoms with Gasteiger partial charge < -0.3 is 4.74 Å². The molecule has 2 aromatic rings. The fourth-order valence-electron chi connectivity index (χ4n) is 2.70. The van der Waals surface area contributed by atoms with Gasteiger partial charge in [0.2, 0.25) is 0 Å². The minimum Gasteiger partial charge on any atom is -0.371 e. The SMILES string of the molecule is CSc1ccccc1CCC(OS(C)(=O)=O)C(C)OCc1ccccc1. The zero-order valence-corrected chi connectivity index (χ0v) is 17.1. The van der Waals surface area contributed by atoms with E-state index in [4.69, 9.17) is 8.92 Å². The molecule has 0 bridgehead atoms. The first-order chi connectivity index (χ1) is 12.4. The summed E-state index contributed by atoms with van der Waals surface area (Å²) in [4.78, 5) is 1.20. The van der Waals surface area contributed by atoms with Gasteiger partial charge in [-0.25, -0.2) is 0 Å². The lowest BCUT2D eigenvalue weighted by Gasteiger charge is -2.24. The second kappa shape index (κ2) is 10.1. The molecule has 0 aromatic heterocycles. The van der Waals surface area contributed by atoms with Gasteiger partial charge in [0.25, 0.3) is 10.1 Å². The van der Waals surface area contributed by atoms with Crippen molar-refractivity contribution in [3.63, 3.8) is 0 Å². The molecule has 2 rings (SSSR count). The Labute approximate surface area is 161 Å². The van der Waals surface area contributed by atoms with Crippen LogP contribution in [0.25, 0.3) is 0 Å². The third kappa shape index (κ3) is 7.11. The van der Waals surface area contributed by atoms with E-state index in [0.717, 1.165) is 18.2 Å². The van der Waals surface area contributed by atoms with Crippen molar-refractivity contribution in [2.75, 3.05) is 12.5 Å². The number of rotatable bonds is 10. The molecule has 0 aliphatic carbocycles. The normalized spacial score (nSPS) is 14.1. The maximum absolute atomic E-state index is 11.7. The molecule has 0 amide bonds. The van der Waals surface area contributed by atoms with Gasteiger partial charge in [0, 0.05) is 4.90 Å². The third-order valence-corrected chi connectivity index (χ3v) is 5.50. The maximum atomic E-state index is 11.7. The van der Waals surface area contributed by atoms with Crippen molar-refractivity contribution in [3.8, 4) is 0 Å². The molecule has 0 spiro atoms. The largest absolute Gasteiger partial charge is 0.371 e. The van der Waals surface area contributed by atoms with Crippen molar-refractivity contribution in [3.05, 3.63) is 65.7 Å². The Morgan fingerprint density at radius 2 is 1.69 bits per heavy atom. The van der Waals surface area contributed by atoms with Gasteiger partial charge >= 0.3 is 0 Å². The second-order valence-corrected chi connectivity index (χ2v) is 8.64. The average molecular weight is 395 g/mol. The van der Waals surface area contributed by atoms with E-state index in [0.29, 0.717) is 13.0 Å². The van der Waals surface area contributed by atoms with Crippen molar-refractivity contribution < 1.29 is 17.3 Å². The number of benzene rings is 2.